The van der Waals surface area contributed by atoms with Crippen LogP contribution in [-0.2, 0) is 7.05 Å². The summed E-state index contributed by atoms with van der Waals surface area (Å²) in [5.41, 5.74) is -0.0660. The van der Waals surface area contributed by atoms with Crippen LogP contribution in [0.4, 0.5) is 5.82 Å². The molecule has 110 valence electrons. The van der Waals surface area contributed by atoms with Crippen LogP contribution in [0.15, 0.2) is 29.1 Å². The smallest absolute Gasteiger partial charge is 0.274 e. The van der Waals surface area contributed by atoms with E-state index in [1.54, 1.807) is 7.05 Å². The maximum atomic E-state index is 11.9. The van der Waals surface area contributed by atoms with Gasteiger partial charge < -0.3 is 10.2 Å². The van der Waals surface area contributed by atoms with Crippen molar-refractivity contribution in [1.29, 1.82) is 0 Å². The van der Waals surface area contributed by atoms with Gasteiger partial charge in [0.2, 0.25) is 0 Å². The third kappa shape index (κ3) is 3.81. The number of fused-ring (bicyclic) bond motifs is 1. The Hall–Kier alpha value is -1.88. The van der Waals surface area contributed by atoms with Crippen molar-refractivity contribution in [3.05, 3.63) is 34.6 Å². The van der Waals surface area contributed by atoms with Crippen molar-refractivity contribution >= 4 is 16.6 Å². The number of nitrogens with one attached hydrogen (secondary N) is 1. The molecule has 20 heavy (non-hydrogen) atoms. The second-order valence-electron chi connectivity index (χ2n) is 4.55. The van der Waals surface area contributed by atoms with E-state index < -0.39 is 0 Å². The van der Waals surface area contributed by atoms with Crippen molar-refractivity contribution in [1.82, 2.24) is 14.7 Å². The lowest BCUT2D eigenvalue weighted by molar-refractivity contribution is 0.425. The minimum absolute atomic E-state index is 0.0660. The fourth-order valence-corrected chi connectivity index (χ4v) is 1.83. The first kappa shape index (κ1) is 16.2. The largest absolute Gasteiger partial charge is 0.367 e. The lowest BCUT2D eigenvalue weighted by Crippen LogP contribution is -2.24. The normalized spacial score (nSPS) is 10.3. The summed E-state index contributed by atoms with van der Waals surface area (Å²) in [7, 11) is 5.72. The van der Waals surface area contributed by atoms with Gasteiger partial charge in [-0.2, -0.15) is 5.10 Å². The molecular weight excluding hydrogens is 252 g/mol. The Kier molecular flexibility index (Phi) is 6.18. The molecule has 0 atom stereocenters. The number of hydrogen-bond donors (Lipinski definition) is 1. The van der Waals surface area contributed by atoms with Crippen molar-refractivity contribution in [2.45, 2.75) is 13.8 Å². The molecule has 0 fully saturated rings. The minimum Gasteiger partial charge on any atom is -0.367 e. The lowest BCUT2D eigenvalue weighted by Gasteiger charge is -2.13. The highest BCUT2D eigenvalue weighted by Gasteiger charge is 2.07. The van der Waals surface area contributed by atoms with E-state index in [2.05, 4.69) is 15.3 Å². The maximum absolute atomic E-state index is 11.9. The first-order valence-electron chi connectivity index (χ1n) is 6.94. The molecule has 1 aromatic heterocycles. The number of likely N-dealkylation sites (N-methyl/N-ethyl adjacent to an activating group) is 1. The molecule has 0 saturated heterocycles. The van der Waals surface area contributed by atoms with Gasteiger partial charge in [-0.3, -0.25) is 4.79 Å². The highest BCUT2D eigenvalue weighted by atomic mass is 16.1. The number of hydrogen-bond acceptors (Lipinski definition) is 4. The summed E-state index contributed by atoms with van der Waals surface area (Å²) >= 11 is 0. The minimum atomic E-state index is -0.0660. The van der Waals surface area contributed by atoms with Gasteiger partial charge in [-0.1, -0.05) is 32.0 Å². The van der Waals surface area contributed by atoms with E-state index in [9.17, 15) is 4.79 Å². The molecule has 0 bridgehead atoms. The van der Waals surface area contributed by atoms with Gasteiger partial charge in [0, 0.05) is 25.5 Å². The van der Waals surface area contributed by atoms with Crippen LogP contribution in [-0.4, -0.2) is 41.9 Å². The third-order valence-corrected chi connectivity index (χ3v) is 2.81. The first-order valence-corrected chi connectivity index (χ1v) is 6.94. The predicted octanol–water partition coefficient (Wildman–Crippen LogP) is 1.93. The van der Waals surface area contributed by atoms with Gasteiger partial charge in [0.15, 0.2) is 5.82 Å². The van der Waals surface area contributed by atoms with E-state index in [0.717, 1.165) is 24.3 Å². The van der Waals surface area contributed by atoms with E-state index in [4.69, 9.17) is 0 Å². The van der Waals surface area contributed by atoms with Gasteiger partial charge >= 0.3 is 0 Å². The quantitative estimate of drug-likeness (QED) is 0.927. The maximum Gasteiger partial charge on any atom is 0.274 e. The van der Waals surface area contributed by atoms with Crippen LogP contribution < -0.4 is 10.9 Å². The van der Waals surface area contributed by atoms with Crippen molar-refractivity contribution in [2.24, 2.45) is 7.05 Å². The highest BCUT2D eigenvalue weighted by molar-refractivity contribution is 5.90. The summed E-state index contributed by atoms with van der Waals surface area (Å²) in [4.78, 5) is 14.0. The monoisotopic (exact) mass is 276 g/mol. The molecule has 0 aliphatic rings. The molecule has 0 amide bonds. The molecule has 2 rings (SSSR count). The average Bonchev–Trinajstić information content (AvgIpc) is 2.46. The molecule has 0 unspecified atom stereocenters. The highest BCUT2D eigenvalue weighted by Crippen LogP contribution is 2.16. The molecular formula is C15H24N4O. The second-order valence-corrected chi connectivity index (χ2v) is 4.55. The van der Waals surface area contributed by atoms with Crippen molar-refractivity contribution in [2.75, 3.05) is 32.5 Å². The fourth-order valence-electron chi connectivity index (χ4n) is 1.83. The average molecular weight is 276 g/mol. The van der Waals surface area contributed by atoms with Gasteiger partial charge in [-0.15, -0.1) is 0 Å². The Morgan fingerprint density at radius 2 is 1.80 bits per heavy atom. The molecule has 5 heteroatoms. The summed E-state index contributed by atoms with van der Waals surface area (Å²) in [6.07, 6.45) is 0. The molecule has 0 spiro atoms. The Morgan fingerprint density at radius 3 is 2.40 bits per heavy atom. The van der Waals surface area contributed by atoms with Crippen molar-refractivity contribution in [3.8, 4) is 0 Å². The molecule has 1 heterocycles. The fraction of sp³-hybridized carbons (Fsp3) is 0.467. The summed E-state index contributed by atoms with van der Waals surface area (Å²) in [6, 6.07) is 7.53. The molecule has 1 N–H and O–H groups in total. The zero-order chi connectivity index (χ0) is 15.1. The summed E-state index contributed by atoms with van der Waals surface area (Å²) in [5.74, 6) is 0.759. The van der Waals surface area contributed by atoms with Crippen molar-refractivity contribution < 1.29 is 0 Å². The van der Waals surface area contributed by atoms with E-state index in [-0.39, 0.29) is 5.56 Å². The predicted molar refractivity (Wildman–Crippen MR) is 85.4 cm³/mol. The zero-order valence-electron chi connectivity index (χ0n) is 13.0. The second kappa shape index (κ2) is 7.65. The standard InChI is InChI=1S/C13H18N4O.C2H6/c1-16(2)9-8-14-12-10-6-4-5-7-11(10)13(18)17(3)15-12;1-2/h4-7H,8-9H2,1-3H3,(H,14,15);1-2H3. The molecule has 2 aromatic rings. The number of aryl methyl sites for hydroxylation is 1. The Labute approximate surface area is 120 Å². The Morgan fingerprint density at radius 1 is 1.20 bits per heavy atom. The van der Waals surface area contributed by atoms with Gasteiger partial charge in [-0.05, 0) is 20.2 Å². The van der Waals surface area contributed by atoms with Crippen LogP contribution in [0, 0.1) is 0 Å². The topological polar surface area (TPSA) is 50.2 Å². The Bertz CT molecular complexity index is 604. The van der Waals surface area contributed by atoms with Crippen LogP contribution in [0.25, 0.3) is 10.8 Å². The van der Waals surface area contributed by atoms with Gasteiger partial charge in [0.05, 0.1) is 5.39 Å². The molecule has 0 aliphatic carbocycles. The van der Waals surface area contributed by atoms with E-state index in [0.29, 0.717) is 5.39 Å². The van der Waals surface area contributed by atoms with E-state index in [1.165, 1.54) is 4.68 Å². The summed E-state index contributed by atoms with van der Waals surface area (Å²) in [6.45, 7) is 5.71. The lowest BCUT2D eigenvalue weighted by atomic mass is 10.2. The Balaban J connectivity index is 0.000000956. The van der Waals surface area contributed by atoms with Crippen LogP contribution in [0.1, 0.15) is 13.8 Å². The summed E-state index contributed by atoms with van der Waals surface area (Å²) < 4.78 is 1.38. The van der Waals surface area contributed by atoms with Crippen LogP contribution in [0.3, 0.4) is 0 Å². The number of benzene rings is 1. The number of anilines is 1. The number of nitrogens with zero attached hydrogens (tertiary/aromatic N) is 3. The first-order chi connectivity index (χ1) is 9.59. The van der Waals surface area contributed by atoms with E-state index >= 15 is 0 Å². The number of aromatic nitrogens is 2. The van der Waals surface area contributed by atoms with Gasteiger partial charge in [0.1, 0.15) is 0 Å². The van der Waals surface area contributed by atoms with E-state index in [1.807, 2.05) is 52.2 Å². The van der Waals surface area contributed by atoms with Crippen molar-refractivity contribution in [3.63, 3.8) is 0 Å². The SMILES string of the molecule is CC.CN(C)CCNc1nn(C)c(=O)c2ccccc12. The third-order valence-electron chi connectivity index (χ3n) is 2.81. The molecule has 0 radical (unpaired) electrons. The molecule has 0 saturated carbocycles. The zero-order valence-corrected chi connectivity index (χ0v) is 13.0. The van der Waals surface area contributed by atoms with Gasteiger partial charge in [0.25, 0.3) is 5.56 Å². The van der Waals surface area contributed by atoms with Gasteiger partial charge in [-0.25, -0.2) is 4.68 Å². The molecule has 1 aromatic carbocycles. The molecule has 5 nitrogen and oxygen atoms in total. The van der Waals surface area contributed by atoms with Crippen LogP contribution in [0.2, 0.25) is 0 Å². The molecule has 0 aliphatic heterocycles. The van der Waals surface area contributed by atoms with Crippen LogP contribution in [0.5, 0.6) is 0 Å². The van der Waals surface area contributed by atoms with Crippen LogP contribution >= 0.6 is 0 Å². The summed E-state index contributed by atoms with van der Waals surface area (Å²) in [5, 5.41) is 9.12. The number of rotatable bonds is 4.